The summed E-state index contributed by atoms with van der Waals surface area (Å²) in [5.41, 5.74) is 5.62. The number of rotatable bonds is 8. The smallest absolute Gasteiger partial charge is 0.328 e. The summed E-state index contributed by atoms with van der Waals surface area (Å²) in [5.74, 6) is -1.80. The molecule has 0 aliphatic heterocycles. The Morgan fingerprint density at radius 3 is 2.35 bits per heavy atom. The molecule has 0 aromatic carbocycles. The molecule has 0 aromatic rings. The number of hydrogen-bond acceptors (Lipinski definition) is 4. The molecule has 0 heterocycles. The van der Waals surface area contributed by atoms with Crippen molar-refractivity contribution < 1.29 is 19.8 Å². The van der Waals surface area contributed by atoms with Crippen molar-refractivity contribution in [1.29, 1.82) is 0 Å². The number of amides is 1. The largest absolute Gasteiger partial charge is 0.480 e. The molecule has 6 heteroatoms. The Bertz CT molecular complexity index is 256. The van der Waals surface area contributed by atoms with Crippen LogP contribution >= 0.6 is 0 Å². The minimum absolute atomic E-state index is 0.520. The summed E-state index contributed by atoms with van der Waals surface area (Å²) < 4.78 is 0. The molecule has 0 saturated heterocycles. The Morgan fingerprint density at radius 2 is 1.94 bits per heavy atom. The Labute approximate surface area is 101 Å². The van der Waals surface area contributed by atoms with Gasteiger partial charge in [-0.05, 0) is 13.3 Å². The van der Waals surface area contributed by atoms with E-state index >= 15 is 0 Å². The first-order valence-corrected chi connectivity index (χ1v) is 5.87. The Kier molecular flexibility index (Phi) is 7.49. The molecular formula is C11H22N2O4. The fraction of sp³-hybridized carbons (Fsp3) is 0.818. The highest BCUT2D eigenvalue weighted by molar-refractivity contribution is 5.87. The van der Waals surface area contributed by atoms with Gasteiger partial charge in [-0.2, -0.15) is 0 Å². The lowest BCUT2D eigenvalue weighted by atomic mass is 10.1. The number of carbonyl (C=O) groups excluding carboxylic acids is 1. The van der Waals surface area contributed by atoms with E-state index in [4.69, 9.17) is 10.8 Å². The number of nitrogens with two attached hydrogens (primary N) is 1. The van der Waals surface area contributed by atoms with E-state index in [2.05, 4.69) is 5.32 Å². The second-order valence-electron chi connectivity index (χ2n) is 4.17. The highest BCUT2D eigenvalue weighted by Gasteiger charge is 2.26. The third-order valence-electron chi connectivity index (χ3n) is 2.50. The maximum Gasteiger partial charge on any atom is 0.328 e. The Morgan fingerprint density at radius 1 is 1.35 bits per heavy atom. The number of nitrogens with one attached hydrogen (secondary N) is 1. The predicted octanol–water partition coefficient (Wildman–Crippen LogP) is -0.156. The maximum absolute atomic E-state index is 11.5. The molecule has 0 aromatic heterocycles. The third kappa shape index (κ3) is 6.23. The Hall–Kier alpha value is -1.14. The average Bonchev–Trinajstić information content (AvgIpc) is 2.24. The van der Waals surface area contributed by atoms with E-state index in [0.717, 1.165) is 19.3 Å². The molecule has 0 saturated carbocycles. The van der Waals surface area contributed by atoms with Gasteiger partial charge in [0.15, 0.2) is 6.04 Å². The minimum Gasteiger partial charge on any atom is -0.480 e. The molecule has 0 radical (unpaired) electrons. The molecule has 6 nitrogen and oxygen atoms in total. The van der Waals surface area contributed by atoms with Gasteiger partial charge in [0.1, 0.15) is 0 Å². The summed E-state index contributed by atoms with van der Waals surface area (Å²) in [6, 6.07) is -2.03. The van der Waals surface area contributed by atoms with Gasteiger partial charge in [-0.25, -0.2) is 4.79 Å². The standard InChI is InChI=1S/C11H22N2O4/c1-3-4-5-6-8(12)10(15)13-9(7(2)14)11(16)17/h7-9,14H,3-6,12H2,1-2H3,(H,13,15)(H,16,17)/t7-,8+,9+/m1/s1. The summed E-state index contributed by atoms with van der Waals surface area (Å²) in [6.07, 6.45) is 2.21. The lowest BCUT2D eigenvalue weighted by Gasteiger charge is -2.19. The lowest BCUT2D eigenvalue weighted by Crippen LogP contribution is -2.52. The van der Waals surface area contributed by atoms with E-state index < -0.39 is 30.1 Å². The van der Waals surface area contributed by atoms with Crippen LogP contribution in [-0.4, -0.2) is 40.3 Å². The first-order chi connectivity index (χ1) is 7.90. The Balaban J connectivity index is 4.16. The number of aliphatic hydroxyl groups excluding tert-OH is 1. The van der Waals surface area contributed by atoms with E-state index in [-0.39, 0.29) is 0 Å². The first kappa shape index (κ1) is 15.9. The number of hydrogen-bond donors (Lipinski definition) is 4. The van der Waals surface area contributed by atoms with E-state index in [9.17, 15) is 14.7 Å². The first-order valence-electron chi connectivity index (χ1n) is 5.87. The van der Waals surface area contributed by atoms with Crippen molar-refractivity contribution in [1.82, 2.24) is 5.32 Å². The van der Waals surface area contributed by atoms with Crippen LogP contribution in [0, 0.1) is 0 Å². The lowest BCUT2D eigenvalue weighted by molar-refractivity contribution is -0.145. The van der Waals surface area contributed by atoms with Crippen LogP contribution < -0.4 is 11.1 Å². The van der Waals surface area contributed by atoms with Gasteiger partial charge in [0.25, 0.3) is 0 Å². The number of carboxylic acid groups (broad SMARTS) is 1. The van der Waals surface area contributed by atoms with Gasteiger partial charge in [0.05, 0.1) is 12.1 Å². The van der Waals surface area contributed by atoms with Crippen LogP contribution in [-0.2, 0) is 9.59 Å². The number of unbranched alkanes of at least 4 members (excludes halogenated alkanes) is 2. The number of aliphatic hydroxyl groups is 1. The normalized spacial score (nSPS) is 16.0. The second-order valence-corrected chi connectivity index (χ2v) is 4.17. The molecule has 0 unspecified atom stereocenters. The molecule has 0 fully saturated rings. The zero-order valence-corrected chi connectivity index (χ0v) is 10.3. The molecule has 0 bridgehead atoms. The summed E-state index contributed by atoms with van der Waals surface area (Å²) in [6.45, 7) is 3.35. The van der Waals surface area contributed by atoms with E-state index in [1.165, 1.54) is 6.92 Å². The molecule has 0 rings (SSSR count). The molecule has 0 spiro atoms. The number of carboxylic acids is 1. The van der Waals surface area contributed by atoms with E-state index in [0.29, 0.717) is 6.42 Å². The van der Waals surface area contributed by atoms with Crippen LogP contribution in [0.1, 0.15) is 39.5 Å². The highest BCUT2D eigenvalue weighted by atomic mass is 16.4. The van der Waals surface area contributed by atoms with Gasteiger partial charge in [-0.15, -0.1) is 0 Å². The second kappa shape index (κ2) is 8.03. The SMILES string of the molecule is CCCCC[C@H](N)C(=O)N[C@H](C(=O)O)[C@@H](C)O. The van der Waals surface area contributed by atoms with Crippen LogP contribution in [0.5, 0.6) is 0 Å². The molecule has 5 N–H and O–H groups in total. The van der Waals surface area contributed by atoms with Crippen molar-refractivity contribution in [3.05, 3.63) is 0 Å². The van der Waals surface area contributed by atoms with Gasteiger partial charge < -0.3 is 21.3 Å². The van der Waals surface area contributed by atoms with Crippen molar-refractivity contribution in [2.75, 3.05) is 0 Å². The van der Waals surface area contributed by atoms with E-state index in [1.807, 2.05) is 6.92 Å². The topological polar surface area (TPSA) is 113 Å². The van der Waals surface area contributed by atoms with Crippen molar-refractivity contribution in [3.8, 4) is 0 Å². The molecular weight excluding hydrogens is 224 g/mol. The zero-order chi connectivity index (χ0) is 13.4. The fourth-order valence-electron chi connectivity index (χ4n) is 1.39. The fourth-order valence-corrected chi connectivity index (χ4v) is 1.39. The van der Waals surface area contributed by atoms with E-state index in [1.54, 1.807) is 0 Å². The molecule has 0 aliphatic carbocycles. The van der Waals surface area contributed by atoms with Crippen molar-refractivity contribution in [2.24, 2.45) is 5.73 Å². The quantitative estimate of drug-likeness (QED) is 0.445. The van der Waals surface area contributed by atoms with Crippen molar-refractivity contribution >= 4 is 11.9 Å². The van der Waals surface area contributed by atoms with Crippen LogP contribution in [0.4, 0.5) is 0 Å². The van der Waals surface area contributed by atoms with Gasteiger partial charge in [-0.3, -0.25) is 4.79 Å². The summed E-state index contributed by atoms with van der Waals surface area (Å²) in [5, 5.41) is 20.2. The van der Waals surface area contributed by atoms with Gasteiger partial charge in [0.2, 0.25) is 5.91 Å². The zero-order valence-electron chi connectivity index (χ0n) is 10.3. The predicted molar refractivity (Wildman–Crippen MR) is 63.4 cm³/mol. The number of carbonyl (C=O) groups is 2. The van der Waals surface area contributed by atoms with Crippen LogP contribution in [0.3, 0.4) is 0 Å². The van der Waals surface area contributed by atoms with Crippen molar-refractivity contribution in [3.63, 3.8) is 0 Å². The van der Waals surface area contributed by atoms with Crippen LogP contribution in [0.25, 0.3) is 0 Å². The average molecular weight is 246 g/mol. The monoisotopic (exact) mass is 246 g/mol. The minimum atomic E-state index is -1.31. The summed E-state index contributed by atoms with van der Waals surface area (Å²) in [7, 11) is 0. The summed E-state index contributed by atoms with van der Waals surface area (Å²) >= 11 is 0. The van der Waals surface area contributed by atoms with Crippen LogP contribution in [0.15, 0.2) is 0 Å². The molecule has 17 heavy (non-hydrogen) atoms. The maximum atomic E-state index is 11.5. The third-order valence-corrected chi connectivity index (χ3v) is 2.50. The highest BCUT2D eigenvalue weighted by Crippen LogP contribution is 2.03. The molecule has 3 atom stereocenters. The van der Waals surface area contributed by atoms with Gasteiger partial charge in [-0.1, -0.05) is 26.2 Å². The van der Waals surface area contributed by atoms with Crippen LogP contribution in [0.2, 0.25) is 0 Å². The van der Waals surface area contributed by atoms with Crippen molar-refractivity contribution in [2.45, 2.75) is 57.7 Å². The van der Waals surface area contributed by atoms with Gasteiger partial charge in [0, 0.05) is 0 Å². The molecule has 100 valence electrons. The molecule has 0 aliphatic rings. The van der Waals surface area contributed by atoms with Gasteiger partial charge >= 0.3 is 5.97 Å². The number of aliphatic carboxylic acids is 1. The summed E-state index contributed by atoms with van der Waals surface area (Å²) in [4.78, 5) is 22.3. The molecule has 1 amide bonds.